The molecule has 0 fully saturated rings. The minimum absolute atomic E-state index is 0.791. The summed E-state index contributed by atoms with van der Waals surface area (Å²) in [7, 11) is 0. The van der Waals surface area contributed by atoms with Crippen LogP contribution in [0.25, 0.3) is 11.3 Å². The molecule has 0 saturated carbocycles. The molecule has 0 N–H and O–H groups in total. The molecule has 0 aliphatic carbocycles. The van der Waals surface area contributed by atoms with Gasteiger partial charge in [0.1, 0.15) is 0 Å². The van der Waals surface area contributed by atoms with Crippen molar-refractivity contribution in [1.82, 2.24) is 15.0 Å². The second-order valence-electron chi connectivity index (χ2n) is 3.13. The summed E-state index contributed by atoms with van der Waals surface area (Å²) < 4.78 is 0. The summed E-state index contributed by atoms with van der Waals surface area (Å²) in [6.07, 6.45) is 7.40. The van der Waals surface area contributed by atoms with Gasteiger partial charge in [-0.3, -0.25) is 4.98 Å². The van der Waals surface area contributed by atoms with Crippen LogP contribution in [0.1, 0.15) is 5.56 Å². The van der Waals surface area contributed by atoms with Gasteiger partial charge in [0.15, 0.2) is 5.16 Å². The Bertz CT molecular complexity index is 457. The third-order valence-corrected chi connectivity index (χ3v) is 2.63. The molecule has 0 spiro atoms. The molecule has 0 aromatic carbocycles. The zero-order valence-corrected chi connectivity index (χ0v) is 9.45. The van der Waals surface area contributed by atoms with E-state index in [0.717, 1.165) is 22.0 Å². The number of rotatable bonds is 2. The van der Waals surface area contributed by atoms with E-state index in [-0.39, 0.29) is 0 Å². The Hall–Kier alpha value is -1.42. The Morgan fingerprint density at radius 1 is 1.27 bits per heavy atom. The lowest BCUT2D eigenvalue weighted by atomic mass is 10.1. The Morgan fingerprint density at radius 3 is 2.80 bits per heavy atom. The number of hydrogen-bond acceptors (Lipinski definition) is 4. The van der Waals surface area contributed by atoms with E-state index < -0.39 is 0 Å². The lowest BCUT2D eigenvalue weighted by Gasteiger charge is -2.05. The van der Waals surface area contributed by atoms with Crippen molar-refractivity contribution in [2.45, 2.75) is 12.1 Å². The molecule has 0 atom stereocenters. The molecule has 0 aliphatic heterocycles. The van der Waals surface area contributed by atoms with Crippen molar-refractivity contribution in [2.24, 2.45) is 0 Å². The molecule has 0 unspecified atom stereocenters. The fourth-order valence-electron chi connectivity index (χ4n) is 1.32. The maximum atomic E-state index is 4.47. The maximum absolute atomic E-state index is 4.47. The fourth-order valence-corrected chi connectivity index (χ4v) is 1.66. The minimum atomic E-state index is 0.791. The average molecular weight is 217 g/mol. The van der Waals surface area contributed by atoms with E-state index in [0.29, 0.717) is 0 Å². The van der Waals surface area contributed by atoms with Gasteiger partial charge in [0.05, 0.1) is 5.69 Å². The zero-order chi connectivity index (χ0) is 10.7. The maximum Gasteiger partial charge on any atom is 0.187 e. The molecule has 2 aromatic rings. The molecule has 3 nitrogen and oxygen atoms in total. The van der Waals surface area contributed by atoms with Crippen molar-refractivity contribution < 1.29 is 0 Å². The Morgan fingerprint density at radius 2 is 2.13 bits per heavy atom. The van der Waals surface area contributed by atoms with Gasteiger partial charge < -0.3 is 0 Å². The van der Waals surface area contributed by atoms with Gasteiger partial charge in [-0.15, -0.1) is 0 Å². The smallest absolute Gasteiger partial charge is 0.187 e. The summed E-state index contributed by atoms with van der Waals surface area (Å²) in [5.41, 5.74) is 3.07. The van der Waals surface area contributed by atoms with E-state index in [1.165, 1.54) is 0 Å². The van der Waals surface area contributed by atoms with Crippen LogP contribution in [0.4, 0.5) is 0 Å². The molecule has 2 heterocycles. The summed E-state index contributed by atoms with van der Waals surface area (Å²) in [5.74, 6) is 0. The summed E-state index contributed by atoms with van der Waals surface area (Å²) in [5, 5.41) is 0.791. The highest BCUT2D eigenvalue weighted by molar-refractivity contribution is 7.98. The van der Waals surface area contributed by atoms with Crippen LogP contribution in [-0.4, -0.2) is 21.2 Å². The molecule has 76 valence electrons. The van der Waals surface area contributed by atoms with Gasteiger partial charge in [0.2, 0.25) is 0 Å². The van der Waals surface area contributed by atoms with Gasteiger partial charge in [0.25, 0.3) is 0 Å². The zero-order valence-electron chi connectivity index (χ0n) is 8.64. The predicted molar refractivity (Wildman–Crippen MR) is 61.8 cm³/mol. The number of aromatic nitrogens is 3. The van der Waals surface area contributed by atoms with Crippen LogP contribution in [0.15, 0.2) is 35.9 Å². The van der Waals surface area contributed by atoms with E-state index >= 15 is 0 Å². The Kier molecular flexibility index (Phi) is 2.97. The van der Waals surface area contributed by atoms with Crippen molar-refractivity contribution in [1.29, 1.82) is 0 Å². The van der Waals surface area contributed by atoms with Gasteiger partial charge in [-0.2, -0.15) is 0 Å². The van der Waals surface area contributed by atoms with Gasteiger partial charge >= 0.3 is 0 Å². The van der Waals surface area contributed by atoms with Gasteiger partial charge in [-0.1, -0.05) is 11.8 Å². The standard InChI is InChI=1S/C11H11N3S/c1-8-6-13-11(15-2)14-10(8)9-4-3-5-12-7-9/h3-7H,1-2H3. The Labute approximate surface area is 93.0 Å². The minimum Gasteiger partial charge on any atom is -0.264 e. The third kappa shape index (κ3) is 2.15. The number of thioether (sulfide) groups is 1. The highest BCUT2D eigenvalue weighted by Gasteiger charge is 2.05. The monoisotopic (exact) mass is 217 g/mol. The van der Waals surface area contributed by atoms with E-state index in [9.17, 15) is 0 Å². The van der Waals surface area contributed by atoms with E-state index in [2.05, 4.69) is 15.0 Å². The lowest BCUT2D eigenvalue weighted by Crippen LogP contribution is -1.93. The molecule has 0 radical (unpaired) electrons. The normalized spacial score (nSPS) is 10.3. The van der Waals surface area contributed by atoms with Crippen molar-refractivity contribution in [3.8, 4) is 11.3 Å². The lowest BCUT2D eigenvalue weighted by molar-refractivity contribution is 0.959. The van der Waals surface area contributed by atoms with Crippen LogP contribution < -0.4 is 0 Å². The van der Waals surface area contributed by atoms with Crippen LogP contribution in [-0.2, 0) is 0 Å². The SMILES string of the molecule is CSc1ncc(C)c(-c2cccnc2)n1. The number of aryl methyl sites for hydroxylation is 1. The number of pyridine rings is 1. The van der Waals surface area contributed by atoms with Crippen LogP contribution in [0.3, 0.4) is 0 Å². The molecule has 0 amide bonds. The van der Waals surface area contributed by atoms with Crippen molar-refractivity contribution in [3.63, 3.8) is 0 Å². The van der Waals surface area contributed by atoms with Gasteiger partial charge in [-0.05, 0) is 30.9 Å². The molecule has 0 bridgehead atoms. The number of hydrogen-bond donors (Lipinski definition) is 0. The average Bonchev–Trinajstić information content (AvgIpc) is 2.31. The highest BCUT2D eigenvalue weighted by Crippen LogP contribution is 2.21. The molecular formula is C11H11N3S. The van der Waals surface area contributed by atoms with Gasteiger partial charge in [0, 0.05) is 24.2 Å². The van der Waals surface area contributed by atoms with Crippen LogP contribution >= 0.6 is 11.8 Å². The fraction of sp³-hybridized carbons (Fsp3) is 0.182. The summed E-state index contributed by atoms with van der Waals surface area (Å²) in [6.45, 7) is 2.01. The van der Waals surface area contributed by atoms with Crippen molar-refractivity contribution in [2.75, 3.05) is 6.26 Å². The summed E-state index contributed by atoms with van der Waals surface area (Å²) in [6, 6.07) is 3.92. The summed E-state index contributed by atoms with van der Waals surface area (Å²) in [4.78, 5) is 12.8. The highest BCUT2D eigenvalue weighted by atomic mass is 32.2. The molecule has 4 heteroatoms. The second-order valence-corrected chi connectivity index (χ2v) is 3.90. The molecule has 0 aliphatic rings. The predicted octanol–water partition coefficient (Wildman–Crippen LogP) is 2.57. The first-order valence-electron chi connectivity index (χ1n) is 4.59. The number of nitrogens with zero attached hydrogens (tertiary/aromatic N) is 3. The first-order valence-corrected chi connectivity index (χ1v) is 5.82. The molecular weight excluding hydrogens is 206 g/mol. The second kappa shape index (κ2) is 4.40. The first-order chi connectivity index (χ1) is 7.31. The van der Waals surface area contributed by atoms with E-state index in [1.54, 1.807) is 18.0 Å². The molecule has 2 rings (SSSR count). The van der Waals surface area contributed by atoms with Crippen LogP contribution in [0.5, 0.6) is 0 Å². The van der Waals surface area contributed by atoms with Crippen LogP contribution in [0, 0.1) is 6.92 Å². The van der Waals surface area contributed by atoms with Crippen molar-refractivity contribution >= 4 is 11.8 Å². The third-order valence-electron chi connectivity index (χ3n) is 2.07. The van der Waals surface area contributed by atoms with Gasteiger partial charge in [-0.25, -0.2) is 9.97 Å². The van der Waals surface area contributed by atoms with E-state index in [1.807, 2.05) is 37.7 Å². The van der Waals surface area contributed by atoms with Crippen LogP contribution in [0.2, 0.25) is 0 Å². The largest absolute Gasteiger partial charge is 0.264 e. The topological polar surface area (TPSA) is 38.7 Å². The Balaban J connectivity index is 2.52. The molecule has 15 heavy (non-hydrogen) atoms. The summed E-state index contributed by atoms with van der Waals surface area (Å²) >= 11 is 1.54. The van der Waals surface area contributed by atoms with E-state index in [4.69, 9.17) is 0 Å². The van der Waals surface area contributed by atoms with Crippen molar-refractivity contribution in [3.05, 3.63) is 36.3 Å². The molecule has 0 saturated heterocycles. The quantitative estimate of drug-likeness (QED) is 0.572. The molecule has 2 aromatic heterocycles. The first kappa shape index (κ1) is 10.1.